The van der Waals surface area contributed by atoms with Gasteiger partial charge in [0.15, 0.2) is 0 Å². The summed E-state index contributed by atoms with van der Waals surface area (Å²) in [5, 5.41) is 10.9. The molecule has 0 fully saturated rings. The molecule has 0 aromatic heterocycles. The van der Waals surface area contributed by atoms with Crippen LogP contribution in [0.1, 0.15) is 11.1 Å². The third-order valence-corrected chi connectivity index (χ3v) is 4.36. The standard InChI is InChI=1S/C18H19N4O2P/c19-17-12-21(25)11-16(17)18(14-6-2-1-3-7-14)20-10-13-5-4-8-15(9-13)22(23)24/h1-9H,10-12,19,25H2. The summed E-state index contributed by atoms with van der Waals surface area (Å²) in [6.45, 7) is 1.75. The highest BCUT2D eigenvalue weighted by molar-refractivity contribution is 7.13. The molecule has 25 heavy (non-hydrogen) atoms. The fourth-order valence-corrected chi connectivity index (χ4v) is 3.18. The van der Waals surface area contributed by atoms with Gasteiger partial charge >= 0.3 is 0 Å². The summed E-state index contributed by atoms with van der Waals surface area (Å²) in [5.74, 6) is 0. The van der Waals surface area contributed by atoms with Crippen LogP contribution in [0, 0.1) is 10.1 Å². The van der Waals surface area contributed by atoms with Crippen LogP contribution in [-0.4, -0.2) is 28.4 Å². The second-order valence-electron chi connectivity index (χ2n) is 5.87. The molecule has 7 heteroatoms. The number of hydrogen-bond donors (Lipinski definition) is 1. The van der Waals surface area contributed by atoms with Crippen molar-refractivity contribution >= 4 is 20.8 Å². The zero-order valence-corrected chi connectivity index (χ0v) is 14.8. The zero-order chi connectivity index (χ0) is 17.8. The van der Waals surface area contributed by atoms with Crippen LogP contribution < -0.4 is 5.73 Å². The van der Waals surface area contributed by atoms with E-state index in [1.807, 2.05) is 36.4 Å². The smallest absolute Gasteiger partial charge is 0.269 e. The zero-order valence-electron chi connectivity index (χ0n) is 13.6. The number of rotatable bonds is 5. The van der Waals surface area contributed by atoms with Crippen LogP contribution in [0.3, 0.4) is 0 Å². The van der Waals surface area contributed by atoms with Gasteiger partial charge in [0.1, 0.15) is 0 Å². The van der Waals surface area contributed by atoms with Crippen molar-refractivity contribution in [2.45, 2.75) is 6.54 Å². The highest BCUT2D eigenvalue weighted by Gasteiger charge is 2.22. The first-order valence-electron chi connectivity index (χ1n) is 7.85. The molecule has 2 N–H and O–H groups in total. The first-order chi connectivity index (χ1) is 12.0. The molecule has 128 valence electrons. The van der Waals surface area contributed by atoms with Gasteiger partial charge in [-0.25, -0.2) is 0 Å². The summed E-state index contributed by atoms with van der Waals surface area (Å²) in [7, 11) is 2.66. The minimum Gasteiger partial charge on any atom is -0.401 e. The van der Waals surface area contributed by atoms with E-state index >= 15 is 0 Å². The summed E-state index contributed by atoms with van der Waals surface area (Å²) in [5.41, 5.74) is 10.7. The average Bonchev–Trinajstić information content (AvgIpc) is 2.94. The Labute approximate surface area is 148 Å². The van der Waals surface area contributed by atoms with E-state index in [1.54, 1.807) is 12.1 Å². The Morgan fingerprint density at radius 3 is 2.60 bits per heavy atom. The van der Waals surface area contributed by atoms with Gasteiger partial charge in [0.05, 0.1) is 17.2 Å². The highest BCUT2D eigenvalue weighted by atomic mass is 31.0. The van der Waals surface area contributed by atoms with Gasteiger partial charge in [-0.3, -0.25) is 19.8 Å². The third kappa shape index (κ3) is 4.10. The van der Waals surface area contributed by atoms with Gasteiger partial charge in [0.25, 0.3) is 5.69 Å². The van der Waals surface area contributed by atoms with Crippen LogP contribution in [0.15, 0.2) is 70.9 Å². The number of aliphatic imine (C=N–C) groups is 1. The Morgan fingerprint density at radius 1 is 1.20 bits per heavy atom. The molecule has 6 nitrogen and oxygen atoms in total. The van der Waals surface area contributed by atoms with Crippen molar-refractivity contribution in [3.8, 4) is 0 Å². The molecule has 0 amide bonds. The van der Waals surface area contributed by atoms with E-state index in [0.717, 1.165) is 28.1 Å². The number of nitrogens with zero attached hydrogens (tertiary/aromatic N) is 3. The monoisotopic (exact) mass is 354 g/mol. The van der Waals surface area contributed by atoms with Crippen LogP contribution in [0.2, 0.25) is 0 Å². The fraction of sp³-hybridized carbons (Fsp3) is 0.167. The molecule has 1 atom stereocenters. The Balaban J connectivity index is 1.95. The maximum atomic E-state index is 10.9. The van der Waals surface area contributed by atoms with Crippen molar-refractivity contribution in [1.82, 2.24) is 4.67 Å². The molecule has 2 aromatic carbocycles. The first kappa shape index (κ1) is 17.3. The number of benzene rings is 2. The lowest BCUT2D eigenvalue weighted by molar-refractivity contribution is -0.384. The Morgan fingerprint density at radius 2 is 1.96 bits per heavy atom. The molecule has 0 spiro atoms. The predicted molar refractivity (Wildman–Crippen MR) is 102 cm³/mol. The second-order valence-corrected chi connectivity index (χ2v) is 6.60. The van der Waals surface area contributed by atoms with Gasteiger partial charge in [0.2, 0.25) is 0 Å². The molecule has 0 saturated carbocycles. The van der Waals surface area contributed by atoms with E-state index in [2.05, 4.69) is 14.1 Å². The lowest BCUT2D eigenvalue weighted by Gasteiger charge is -2.11. The summed E-state index contributed by atoms with van der Waals surface area (Å²) in [6.07, 6.45) is 0. The van der Waals surface area contributed by atoms with E-state index in [4.69, 9.17) is 10.7 Å². The van der Waals surface area contributed by atoms with E-state index in [0.29, 0.717) is 19.6 Å². The Bertz CT molecular complexity index is 849. The van der Waals surface area contributed by atoms with Crippen LogP contribution in [0.4, 0.5) is 5.69 Å². The average molecular weight is 354 g/mol. The van der Waals surface area contributed by atoms with Gasteiger partial charge in [0, 0.05) is 42.1 Å². The van der Waals surface area contributed by atoms with E-state index in [1.165, 1.54) is 6.07 Å². The van der Waals surface area contributed by atoms with E-state index in [9.17, 15) is 10.1 Å². The predicted octanol–water partition coefficient (Wildman–Crippen LogP) is 2.90. The summed E-state index contributed by atoms with van der Waals surface area (Å²) in [6, 6.07) is 16.4. The summed E-state index contributed by atoms with van der Waals surface area (Å²) < 4.78 is 2.05. The van der Waals surface area contributed by atoms with E-state index in [-0.39, 0.29) is 5.69 Å². The van der Waals surface area contributed by atoms with E-state index < -0.39 is 4.92 Å². The quantitative estimate of drug-likeness (QED) is 0.387. The number of hydrogen-bond acceptors (Lipinski definition) is 5. The molecule has 1 unspecified atom stereocenters. The number of nitrogens with two attached hydrogens (primary N) is 1. The maximum absolute atomic E-state index is 10.9. The third-order valence-electron chi connectivity index (χ3n) is 4.00. The lowest BCUT2D eigenvalue weighted by Crippen LogP contribution is -2.13. The fourth-order valence-electron chi connectivity index (χ4n) is 2.80. The van der Waals surface area contributed by atoms with Crippen LogP contribution in [0.25, 0.3) is 0 Å². The number of nitro groups is 1. The van der Waals surface area contributed by atoms with Crippen molar-refractivity contribution in [2.24, 2.45) is 10.7 Å². The van der Waals surface area contributed by atoms with Gasteiger partial charge in [-0.15, -0.1) is 0 Å². The molecule has 1 aliphatic heterocycles. The largest absolute Gasteiger partial charge is 0.401 e. The van der Waals surface area contributed by atoms with Crippen molar-refractivity contribution in [2.75, 3.05) is 13.1 Å². The van der Waals surface area contributed by atoms with Crippen molar-refractivity contribution < 1.29 is 4.92 Å². The minimum atomic E-state index is -0.394. The summed E-state index contributed by atoms with van der Waals surface area (Å²) in [4.78, 5) is 15.3. The molecule has 2 aromatic rings. The maximum Gasteiger partial charge on any atom is 0.269 e. The van der Waals surface area contributed by atoms with Gasteiger partial charge in [-0.05, 0) is 5.56 Å². The van der Waals surface area contributed by atoms with Crippen LogP contribution in [0.5, 0.6) is 0 Å². The molecule has 0 saturated heterocycles. The van der Waals surface area contributed by atoms with Crippen LogP contribution in [-0.2, 0) is 6.54 Å². The minimum absolute atomic E-state index is 0.0738. The second kappa shape index (κ2) is 7.55. The molecule has 0 bridgehead atoms. The molecule has 3 rings (SSSR count). The van der Waals surface area contributed by atoms with Crippen molar-refractivity contribution in [3.05, 3.63) is 87.1 Å². The molecule has 1 aliphatic rings. The van der Waals surface area contributed by atoms with Gasteiger partial charge in [-0.1, -0.05) is 51.9 Å². The lowest BCUT2D eigenvalue weighted by atomic mass is 10.0. The SMILES string of the molecule is NC1=C(C(=NCc2cccc([N+](=O)[O-])c2)c2ccccc2)CN(P)C1. The Kier molecular flexibility index (Phi) is 5.22. The molecular weight excluding hydrogens is 335 g/mol. The van der Waals surface area contributed by atoms with Crippen molar-refractivity contribution in [3.63, 3.8) is 0 Å². The van der Waals surface area contributed by atoms with Gasteiger partial charge in [-0.2, -0.15) is 0 Å². The molecular formula is C18H19N4O2P. The molecule has 1 heterocycles. The molecule has 0 aliphatic carbocycles. The van der Waals surface area contributed by atoms with Crippen molar-refractivity contribution in [1.29, 1.82) is 0 Å². The normalized spacial score (nSPS) is 15.6. The topological polar surface area (TPSA) is 84.8 Å². The van der Waals surface area contributed by atoms with Crippen LogP contribution >= 0.6 is 9.39 Å². The number of non-ortho nitro benzene ring substituents is 1. The first-order valence-corrected chi connectivity index (χ1v) is 8.37. The summed E-state index contributed by atoms with van der Waals surface area (Å²) >= 11 is 0. The highest BCUT2D eigenvalue weighted by Crippen LogP contribution is 2.23. The molecule has 0 radical (unpaired) electrons. The Hall–Kier alpha value is -2.56. The number of nitro benzene ring substituents is 1. The van der Waals surface area contributed by atoms with Gasteiger partial charge < -0.3 is 5.73 Å².